The van der Waals surface area contributed by atoms with E-state index < -0.39 is 0 Å². The topological polar surface area (TPSA) is 37.0 Å². The van der Waals surface area contributed by atoms with E-state index in [0.29, 0.717) is 6.04 Å². The highest BCUT2D eigenvalue weighted by Crippen LogP contribution is 2.03. The van der Waals surface area contributed by atoms with Crippen molar-refractivity contribution in [2.24, 2.45) is 0 Å². The first kappa shape index (κ1) is 10.6. The number of hydrogen-bond acceptors (Lipinski definition) is 4. The largest absolute Gasteiger partial charge is 0.316 e. The van der Waals surface area contributed by atoms with E-state index in [0.717, 1.165) is 19.5 Å². The zero-order valence-electron chi connectivity index (χ0n) is 8.21. The van der Waals surface area contributed by atoms with E-state index >= 15 is 0 Å². The molecule has 0 radical (unpaired) electrons. The minimum Gasteiger partial charge on any atom is -0.316 e. The number of aromatic nitrogens is 1. The summed E-state index contributed by atoms with van der Waals surface area (Å²) in [5.74, 6) is 0. The molecule has 0 fully saturated rings. The second kappa shape index (κ2) is 6.07. The first-order chi connectivity index (χ1) is 6.33. The summed E-state index contributed by atoms with van der Waals surface area (Å²) < 4.78 is 0. The first-order valence-electron chi connectivity index (χ1n) is 4.59. The quantitative estimate of drug-likeness (QED) is 0.668. The van der Waals surface area contributed by atoms with Crippen LogP contribution in [0.3, 0.4) is 0 Å². The summed E-state index contributed by atoms with van der Waals surface area (Å²) in [6, 6.07) is 0.538. The van der Waals surface area contributed by atoms with Crippen molar-refractivity contribution < 1.29 is 0 Å². The molecule has 4 heteroatoms. The molecule has 0 aliphatic heterocycles. The van der Waals surface area contributed by atoms with Crippen LogP contribution in [-0.2, 0) is 6.42 Å². The zero-order chi connectivity index (χ0) is 9.52. The van der Waals surface area contributed by atoms with E-state index in [1.54, 1.807) is 11.3 Å². The van der Waals surface area contributed by atoms with Crippen LogP contribution in [0.15, 0.2) is 11.6 Å². The Balaban J connectivity index is 2.02. The Morgan fingerprint density at radius 1 is 1.62 bits per heavy atom. The number of hydrogen-bond donors (Lipinski definition) is 2. The summed E-state index contributed by atoms with van der Waals surface area (Å²) in [4.78, 5) is 4.22. The SMILES string of the molecule is CNC(C)CNCCc1nccs1. The molecule has 0 aliphatic carbocycles. The Labute approximate surface area is 83.6 Å². The molecule has 0 bridgehead atoms. The van der Waals surface area contributed by atoms with Crippen molar-refractivity contribution in [2.45, 2.75) is 19.4 Å². The van der Waals surface area contributed by atoms with Crippen molar-refractivity contribution >= 4 is 11.3 Å². The molecule has 0 aliphatic rings. The summed E-state index contributed by atoms with van der Waals surface area (Å²) in [5, 5.41) is 9.79. The van der Waals surface area contributed by atoms with Gasteiger partial charge in [-0.3, -0.25) is 0 Å². The third kappa shape index (κ3) is 4.36. The third-order valence-electron chi connectivity index (χ3n) is 1.94. The van der Waals surface area contributed by atoms with Gasteiger partial charge in [0.2, 0.25) is 0 Å². The Bertz CT molecular complexity index is 211. The molecule has 1 rings (SSSR count). The average molecular weight is 199 g/mol. The molecule has 3 nitrogen and oxygen atoms in total. The van der Waals surface area contributed by atoms with Crippen molar-refractivity contribution in [1.29, 1.82) is 0 Å². The van der Waals surface area contributed by atoms with E-state index in [2.05, 4.69) is 22.5 Å². The van der Waals surface area contributed by atoms with Crippen molar-refractivity contribution in [1.82, 2.24) is 15.6 Å². The lowest BCUT2D eigenvalue weighted by Crippen LogP contribution is -2.34. The van der Waals surface area contributed by atoms with E-state index in [1.165, 1.54) is 5.01 Å². The maximum Gasteiger partial charge on any atom is 0.0937 e. The molecule has 0 saturated heterocycles. The maximum atomic E-state index is 4.22. The smallest absolute Gasteiger partial charge is 0.0937 e. The molecule has 0 aromatic carbocycles. The molecule has 2 N–H and O–H groups in total. The predicted octanol–water partition coefficient (Wildman–Crippen LogP) is 0.883. The molecular weight excluding hydrogens is 182 g/mol. The summed E-state index contributed by atoms with van der Waals surface area (Å²) in [5.41, 5.74) is 0. The molecule has 74 valence electrons. The average Bonchev–Trinajstić information content (AvgIpc) is 2.64. The van der Waals surface area contributed by atoms with Crippen LogP contribution in [0.2, 0.25) is 0 Å². The lowest BCUT2D eigenvalue weighted by Gasteiger charge is -2.10. The standard InChI is InChI=1S/C9H17N3S/c1-8(10-2)7-11-4-3-9-12-5-6-13-9/h5-6,8,10-11H,3-4,7H2,1-2H3. The van der Waals surface area contributed by atoms with Crippen LogP contribution in [0.1, 0.15) is 11.9 Å². The van der Waals surface area contributed by atoms with Gasteiger partial charge in [0.1, 0.15) is 0 Å². The Hall–Kier alpha value is -0.450. The molecule has 13 heavy (non-hydrogen) atoms. The molecule has 1 aromatic rings. The van der Waals surface area contributed by atoms with Crippen molar-refractivity contribution in [2.75, 3.05) is 20.1 Å². The van der Waals surface area contributed by atoms with Crippen LogP contribution in [0.4, 0.5) is 0 Å². The van der Waals surface area contributed by atoms with E-state index in [1.807, 2.05) is 18.6 Å². The minimum absolute atomic E-state index is 0.538. The van der Waals surface area contributed by atoms with Crippen LogP contribution in [-0.4, -0.2) is 31.2 Å². The molecule has 1 atom stereocenters. The van der Waals surface area contributed by atoms with E-state index in [9.17, 15) is 0 Å². The van der Waals surface area contributed by atoms with Gasteiger partial charge in [0, 0.05) is 37.1 Å². The van der Waals surface area contributed by atoms with Gasteiger partial charge in [-0.15, -0.1) is 11.3 Å². The molecular formula is C9H17N3S. The van der Waals surface area contributed by atoms with Gasteiger partial charge in [0.15, 0.2) is 0 Å². The number of likely N-dealkylation sites (N-methyl/N-ethyl adjacent to an activating group) is 1. The monoisotopic (exact) mass is 199 g/mol. The lowest BCUT2D eigenvalue weighted by molar-refractivity contribution is 0.542. The highest BCUT2D eigenvalue weighted by molar-refractivity contribution is 7.09. The van der Waals surface area contributed by atoms with Crippen molar-refractivity contribution in [3.8, 4) is 0 Å². The van der Waals surface area contributed by atoms with Gasteiger partial charge in [-0.1, -0.05) is 0 Å². The van der Waals surface area contributed by atoms with Gasteiger partial charge in [0.05, 0.1) is 5.01 Å². The van der Waals surface area contributed by atoms with E-state index in [-0.39, 0.29) is 0 Å². The fourth-order valence-corrected chi connectivity index (χ4v) is 1.61. The number of thiazole rings is 1. The van der Waals surface area contributed by atoms with Crippen LogP contribution in [0.5, 0.6) is 0 Å². The van der Waals surface area contributed by atoms with Crippen LogP contribution < -0.4 is 10.6 Å². The third-order valence-corrected chi connectivity index (χ3v) is 2.78. The fraction of sp³-hybridized carbons (Fsp3) is 0.667. The van der Waals surface area contributed by atoms with Gasteiger partial charge < -0.3 is 10.6 Å². The molecule has 1 heterocycles. The highest BCUT2D eigenvalue weighted by atomic mass is 32.1. The lowest BCUT2D eigenvalue weighted by atomic mass is 10.3. The number of nitrogens with one attached hydrogen (secondary N) is 2. The fourth-order valence-electron chi connectivity index (χ4n) is 0.992. The number of rotatable bonds is 6. The summed E-state index contributed by atoms with van der Waals surface area (Å²) >= 11 is 1.72. The van der Waals surface area contributed by atoms with Crippen LogP contribution in [0, 0.1) is 0 Å². The Morgan fingerprint density at radius 3 is 3.08 bits per heavy atom. The minimum atomic E-state index is 0.538. The first-order valence-corrected chi connectivity index (χ1v) is 5.47. The molecule has 0 saturated carbocycles. The van der Waals surface area contributed by atoms with Crippen LogP contribution >= 0.6 is 11.3 Å². The summed E-state index contributed by atoms with van der Waals surface area (Å²) in [7, 11) is 1.98. The maximum absolute atomic E-state index is 4.22. The predicted molar refractivity (Wildman–Crippen MR) is 57.2 cm³/mol. The van der Waals surface area contributed by atoms with Gasteiger partial charge in [0.25, 0.3) is 0 Å². The van der Waals surface area contributed by atoms with Crippen LogP contribution in [0.25, 0.3) is 0 Å². The zero-order valence-corrected chi connectivity index (χ0v) is 9.03. The second-order valence-electron chi connectivity index (χ2n) is 3.07. The van der Waals surface area contributed by atoms with Crippen molar-refractivity contribution in [3.05, 3.63) is 16.6 Å². The second-order valence-corrected chi connectivity index (χ2v) is 4.05. The highest BCUT2D eigenvalue weighted by Gasteiger charge is 1.97. The molecule has 0 amide bonds. The van der Waals surface area contributed by atoms with Gasteiger partial charge >= 0.3 is 0 Å². The number of nitrogens with zero attached hydrogens (tertiary/aromatic N) is 1. The molecule has 0 spiro atoms. The molecule has 1 unspecified atom stereocenters. The summed E-state index contributed by atoms with van der Waals surface area (Å²) in [6.45, 7) is 4.19. The van der Waals surface area contributed by atoms with Gasteiger partial charge in [-0.05, 0) is 14.0 Å². The summed E-state index contributed by atoms with van der Waals surface area (Å²) in [6.07, 6.45) is 2.89. The normalized spacial score (nSPS) is 13.1. The Morgan fingerprint density at radius 2 is 2.46 bits per heavy atom. The molecule has 1 aromatic heterocycles. The van der Waals surface area contributed by atoms with Gasteiger partial charge in [-0.25, -0.2) is 4.98 Å². The van der Waals surface area contributed by atoms with Crippen molar-refractivity contribution in [3.63, 3.8) is 0 Å². The van der Waals surface area contributed by atoms with E-state index in [4.69, 9.17) is 0 Å². The Kier molecular flexibility index (Phi) is 4.97. The van der Waals surface area contributed by atoms with Gasteiger partial charge in [-0.2, -0.15) is 0 Å².